The Morgan fingerprint density at radius 3 is 1.83 bits per heavy atom. The standard InChI is InChI=1S/C24H29Cl2NO3/c1-15(2)13-22(30-24(29)18-7-11-20(26)12-8-18)21(16(3)4)14-27-23(28)17-5-9-19(25)10-6-17/h5-12,15-16,21-22H,13-14H2,1-4H3,(H,27,28). The number of hydrogen-bond acceptors (Lipinski definition) is 3. The van der Waals surface area contributed by atoms with E-state index in [0.29, 0.717) is 40.1 Å². The summed E-state index contributed by atoms with van der Waals surface area (Å²) >= 11 is 11.8. The molecule has 2 atom stereocenters. The summed E-state index contributed by atoms with van der Waals surface area (Å²) in [6.07, 6.45) is 0.387. The zero-order valence-corrected chi connectivity index (χ0v) is 19.3. The van der Waals surface area contributed by atoms with Crippen LogP contribution in [0.1, 0.15) is 54.8 Å². The maximum atomic E-state index is 12.7. The molecule has 2 rings (SSSR count). The highest BCUT2D eigenvalue weighted by atomic mass is 35.5. The number of carbonyl (C=O) groups is 2. The van der Waals surface area contributed by atoms with Crippen LogP contribution < -0.4 is 5.32 Å². The summed E-state index contributed by atoms with van der Waals surface area (Å²) < 4.78 is 5.91. The van der Waals surface area contributed by atoms with E-state index in [9.17, 15) is 9.59 Å². The van der Waals surface area contributed by atoms with Gasteiger partial charge in [0.15, 0.2) is 0 Å². The van der Waals surface area contributed by atoms with Crippen molar-refractivity contribution in [2.75, 3.05) is 6.54 Å². The smallest absolute Gasteiger partial charge is 0.338 e. The second-order valence-corrected chi connectivity index (χ2v) is 9.08. The summed E-state index contributed by atoms with van der Waals surface area (Å²) in [7, 11) is 0. The van der Waals surface area contributed by atoms with Gasteiger partial charge in [-0.05, 0) is 66.8 Å². The van der Waals surface area contributed by atoms with Gasteiger partial charge < -0.3 is 10.1 Å². The number of amides is 1. The van der Waals surface area contributed by atoms with E-state index in [0.717, 1.165) is 0 Å². The Labute approximate surface area is 188 Å². The minimum atomic E-state index is -0.382. The molecule has 0 heterocycles. The predicted octanol–water partition coefficient (Wildman–Crippen LogP) is 6.27. The zero-order valence-electron chi connectivity index (χ0n) is 17.8. The fraction of sp³-hybridized carbons (Fsp3) is 0.417. The number of esters is 1. The van der Waals surface area contributed by atoms with Crippen LogP contribution in [0.4, 0.5) is 0 Å². The lowest BCUT2D eigenvalue weighted by Gasteiger charge is -2.31. The lowest BCUT2D eigenvalue weighted by atomic mass is 9.85. The van der Waals surface area contributed by atoms with Crippen LogP contribution in [0, 0.1) is 17.8 Å². The van der Waals surface area contributed by atoms with Crippen molar-refractivity contribution in [2.45, 2.75) is 40.2 Å². The average molecular weight is 450 g/mol. The van der Waals surface area contributed by atoms with E-state index in [1.165, 1.54) is 0 Å². The first-order valence-corrected chi connectivity index (χ1v) is 10.9. The van der Waals surface area contributed by atoms with Crippen LogP contribution in [0.15, 0.2) is 48.5 Å². The minimum absolute atomic E-state index is 0.0279. The average Bonchev–Trinajstić information content (AvgIpc) is 2.68. The quantitative estimate of drug-likeness (QED) is 0.459. The molecule has 162 valence electrons. The monoisotopic (exact) mass is 449 g/mol. The molecule has 0 bridgehead atoms. The van der Waals surface area contributed by atoms with Crippen molar-refractivity contribution in [2.24, 2.45) is 17.8 Å². The largest absolute Gasteiger partial charge is 0.458 e. The molecular formula is C24H29Cl2NO3. The molecule has 4 nitrogen and oxygen atoms in total. The molecule has 6 heteroatoms. The summed E-state index contributed by atoms with van der Waals surface area (Å²) in [5.74, 6) is -0.0462. The van der Waals surface area contributed by atoms with Crippen LogP contribution >= 0.6 is 23.2 Å². The number of ether oxygens (including phenoxy) is 1. The Morgan fingerprint density at radius 2 is 1.37 bits per heavy atom. The molecule has 0 saturated heterocycles. The number of rotatable bonds is 9. The Balaban J connectivity index is 2.11. The molecule has 1 amide bonds. The van der Waals surface area contributed by atoms with Crippen molar-refractivity contribution in [1.29, 1.82) is 0 Å². The number of benzene rings is 2. The van der Waals surface area contributed by atoms with Gasteiger partial charge in [0.1, 0.15) is 6.10 Å². The maximum Gasteiger partial charge on any atom is 0.338 e. The Morgan fingerprint density at radius 1 is 0.867 bits per heavy atom. The van der Waals surface area contributed by atoms with Crippen molar-refractivity contribution >= 4 is 35.1 Å². The van der Waals surface area contributed by atoms with Gasteiger partial charge in [-0.1, -0.05) is 50.9 Å². The molecule has 0 saturated carbocycles. The van der Waals surface area contributed by atoms with Crippen molar-refractivity contribution in [3.63, 3.8) is 0 Å². The highest BCUT2D eigenvalue weighted by Gasteiger charge is 2.29. The van der Waals surface area contributed by atoms with E-state index in [-0.39, 0.29) is 29.8 Å². The molecular weight excluding hydrogens is 421 g/mol. The fourth-order valence-corrected chi connectivity index (χ4v) is 3.53. The molecule has 0 aliphatic rings. The maximum absolute atomic E-state index is 12.7. The molecule has 0 aromatic heterocycles. The minimum Gasteiger partial charge on any atom is -0.458 e. The Bertz CT molecular complexity index is 833. The van der Waals surface area contributed by atoms with Gasteiger partial charge in [-0.2, -0.15) is 0 Å². The third-order valence-corrected chi connectivity index (χ3v) is 5.48. The van der Waals surface area contributed by atoms with Crippen LogP contribution in [0.3, 0.4) is 0 Å². The molecule has 2 aromatic carbocycles. The van der Waals surface area contributed by atoms with Crippen LogP contribution in [0.25, 0.3) is 0 Å². The lowest BCUT2D eigenvalue weighted by Crippen LogP contribution is -2.40. The van der Waals surface area contributed by atoms with E-state index in [2.05, 4.69) is 33.0 Å². The van der Waals surface area contributed by atoms with E-state index >= 15 is 0 Å². The summed E-state index contributed by atoms with van der Waals surface area (Å²) in [6, 6.07) is 13.4. The summed E-state index contributed by atoms with van der Waals surface area (Å²) in [4.78, 5) is 25.2. The Hall–Kier alpha value is -2.04. The molecule has 2 unspecified atom stereocenters. The van der Waals surface area contributed by atoms with Crippen molar-refractivity contribution in [3.05, 3.63) is 69.7 Å². The molecule has 0 aliphatic heterocycles. The lowest BCUT2D eigenvalue weighted by molar-refractivity contribution is -0.000607. The second-order valence-electron chi connectivity index (χ2n) is 8.20. The normalized spacial score (nSPS) is 13.2. The zero-order chi connectivity index (χ0) is 22.3. The third-order valence-electron chi connectivity index (χ3n) is 4.98. The van der Waals surface area contributed by atoms with E-state index in [1.54, 1.807) is 48.5 Å². The molecule has 0 fully saturated rings. The van der Waals surface area contributed by atoms with Crippen LogP contribution in [0.5, 0.6) is 0 Å². The molecule has 0 spiro atoms. The number of halogens is 2. The van der Waals surface area contributed by atoms with E-state index in [1.807, 2.05) is 0 Å². The van der Waals surface area contributed by atoms with Gasteiger partial charge in [0, 0.05) is 28.1 Å². The van der Waals surface area contributed by atoms with Gasteiger partial charge in [0.2, 0.25) is 0 Å². The van der Waals surface area contributed by atoms with Crippen LogP contribution in [-0.2, 0) is 4.74 Å². The van der Waals surface area contributed by atoms with Gasteiger partial charge in [0.05, 0.1) is 5.56 Å². The molecule has 0 aliphatic carbocycles. The van der Waals surface area contributed by atoms with Crippen LogP contribution in [0.2, 0.25) is 10.0 Å². The van der Waals surface area contributed by atoms with E-state index in [4.69, 9.17) is 27.9 Å². The summed E-state index contributed by atoms with van der Waals surface area (Å²) in [5, 5.41) is 4.13. The predicted molar refractivity (Wildman–Crippen MR) is 122 cm³/mol. The fourth-order valence-electron chi connectivity index (χ4n) is 3.28. The summed E-state index contributed by atoms with van der Waals surface area (Å²) in [5.41, 5.74) is 1.00. The van der Waals surface area contributed by atoms with Gasteiger partial charge in [0.25, 0.3) is 5.91 Å². The number of carbonyl (C=O) groups excluding carboxylic acids is 2. The topological polar surface area (TPSA) is 55.4 Å². The first-order valence-electron chi connectivity index (χ1n) is 10.2. The first-order chi connectivity index (χ1) is 14.2. The van der Waals surface area contributed by atoms with Crippen molar-refractivity contribution in [1.82, 2.24) is 5.32 Å². The number of nitrogens with one attached hydrogen (secondary N) is 1. The number of hydrogen-bond donors (Lipinski definition) is 1. The third kappa shape index (κ3) is 7.33. The van der Waals surface area contributed by atoms with Gasteiger partial charge >= 0.3 is 5.97 Å². The van der Waals surface area contributed by atoms with E-state index < -0.39 is 0 Å². The highest BCUT2D eigenvalue weighted by molar-refractivity contribution is 6.31. The molecule has 0 radical (unpaired) electrons. The highest BCUT2D eigenvalue weighted by Crippen LogP contribution is 2.25. The molecule has 2 aromatic rings. The molecule has 30 heavy (non-hydrogen) atoms. The van der Waals surface area contributed by atoms with Gasteiger partial charge in [-0.25, -0.2) is 4.79 Å². The van der Waals surface area contributed by atoms with Crippen molar-refractivity contribution in [3.8, 4) is 0 Å². The van der Waals surface area contributed by atoms with Crippen LogP contribution in [-0.4, -0.2) is 24.5 Å². The first kappa shape index (κ1) is 24.2. The second kappa shape index (κ2) is 11.4. The summed E-state index contributed by atoms with van der Waals surface area (Å²) in [6.45, 7) is 8.73. The molecule has 1 N–H and O–H groups in total. The van der Waals surface area contributed by atoms with Gasteiger partial charge in [-0.15, -0.1) is 0 Å². The Kier molecular flexibility index (Phi) is 9.19. The van der Waals surface area contributed by atoms with Crippen molar-refractivity contribution < 1.29 is 14.3 Å². The SMILES string of the molecule is CC(C)CC(OC(=O)c1ccc(Cl)cc1)C(CNC(=O)c1ccc(Cl)cc1)C(C)C. The van der Waals surface area contributed by atoms with Gasteiger partial charge in [-0.3, -0.25) is 4.79 Å².